The maximum Gasteiger partial charge on any atom is 0.374 e. The Kier molecular flexibility index (Phi) is 4.34. The molecule has 0 radical (unpaired) electrons. The number of nitrogen functional groups attached to an aromatic ring is 1. The topological polar surface area (TPSA) is 65.5 Å². The Labute approximate surface area is 120 Å². The fourth-order valence-electron chi connectivity index (χ4n) is 1.70. The molecular weight excluding hydrogens is 281 g/mol. The van der Waals surface area contributed by atoms with Crippen LogP contribution in [0.2, 0.25) is 0 Å². The number of halogens is 1. The number of thioether (sulfide) groups is 1. The lowest BCUT2D eigenvalue weighted by Crippen LogP contribution is -2.00. The molecule has 1 aromatic carbocycles. The van der Waals surface area contributed by atoms with Crippen LogP contribution in [0.3, 0.4) is 0 Å². The number of benzene rings is 1. The number of hydrogen-bond acceptors (Lipinski definition) is 5. The molecule has 1 heterocycles. The maximum atomic E-state index is 13.1. The molecule has 20 heavy (non-hydrogen) atoms. The van der Waals surface area contributed by atoms with Crippen LogP contribution < -0.4 is 5.73 Å². The quantitative estimate of drug-likeness (QED) is 0.532. The number of aryl methyl sites for hydroxylation is 1. The van der Waals surface area contributed by atoms with E-state index < -0.39 is 5.97 Å². The Morgan fingerprint density at radius 1 is 1.45 bits per heavy atom. The molecule has 0 spiro atoms. The standard InChI is InChI=1S/C14H14FNO3S/c1-8-5-10(19-13(8)14(17)18-2)7-20-12-6-9(15)3-4-11(12)16/h3-6H,7,16H2,1-2H3. The van der Waals surface area contributed by atoms with Crippen LogP contribution in [0.25, 0.3) is 0 Å². The second kappa shape index (κ2) is 6.00. The molecule has 0 saturated carbocycles. The van der Waals surface area contributed by atoms with Crippen LogP contribution in [0.5, 0.6) is 0 Å². The van der Waals surface area contributed by atoms with Crippen LogP contribution in [0.1, 0.15) is 21.9 Å². The Hall–Kier alpha value is -1.95. The Balaban J connectivity index is 2.11. The average Bonchev–Trinajstić information content (AvgIpc) is 2.80. The van der Waals surface area contributed by atoms with Crippen LogP contribution in [0.4, 0.5) is 10.1 Å². The van der Waals surface area contributed by atoms with Gasteiger partial charge < -0.3 is 14.9 Å². The Morgan fingerprint density at radius 3 is 2.90 bits per heavy atom. The highest BCUT2D eigenvalue weighted by Gasteiger charge is 2.16. The molecule has 2 N–H and O–H groups in total. The summed E-state index contributed by atoms with van der Waals surface area (Å²) in [6.07, 6.45) is 0. The second-order valence-electron chi connectivity index (χ2n) is 4.19. The molecule has 0 aliphatic rings. The Morgan fingerprint density at radius 2 is 2.20 bits per heavy atom. The van der Waals surface area contributed by atoms with Gasteiger partial charge in [-0.25, -0.2) is 9.18 Å². The van der Waals surface area contributed by atoms with Crippen molar-refractivity contribution in [3.63, 3.8) is 0 Å². The highest BCUT2D eigenvalue weighted by Crippen LogP contribution is 2.30. The van der Waals surface area contributed by atoms with Crippen LogP contribution >= 0.6 is 11.8 Å². The predicted octanol–water partition coefficient (Wildman–Crippen LogP) is 3.39. The largest absolute Gasteiger partial charge is 0.463 e. The van der Waals surface area contributed by atoms with Gasteiger partial charge in [0.2, 0.25) is 5.76 Å². The summed E-state index contributed by atoms with van der Waals surface area (Å²) in [7, 11) is 1.30. The number of anilines is 1. The molecule has 0 saturated heterocycles. The molecule has 0 fully saturated rings. The first-order chi connectivity index (χ1) is 9.51. The van der Waals surface area contributed by atoms with Gasteiger partial charge in [0, 0.05) is 16.1 Å². The molecule has 106 valence electrons. The molecular formula is C14H14FNO3S. The van der Waals surface area contributed by atoms with Crippen molar-refractivity contribution in [2.45, 2.75) is 17.6 Å². The monoisotopic (exact) mass is 295 g/mol. The summed E-state index contributed by atoms with van der Waals surface area (Å²) in [4.78, 5) is 12.1. The highest BCUT2D eigenvalue weighted by molar-refractivity contribution is 7.98. The van der Waals surface area contributed by atoms with Crippen LogP contribution in [-0.2, 0) is 10.5 Å². The average molecular weight is 295 g/mol. The van der Waals surface area contributed by atoms with Gasteiger partial charge in [-0.1, -0.05) is 0 Å². The van der Waals surface area contributed by atoms with E-state index in [1.165, 1.54) is 37.1 Å². The van der Waals surface area contributed by atoms with E-state index in [2.05, 4.69) is 4.74 Å². The SMILES string of the molecule is COC(=O)c1oc(CSc2cc(F)ccc2N)cc1C. The van der Waals surface area contributed by atoms with Crippen molar-refractivity contribution in [1.82, 2.24) is 0 Å². The van der Waals surface area contributed by atoms with Crippen molar-refractivity contribution in [3.05, 3.63) is 47.2 Å². The number of rotatable bonds is 4. The molecule has 0 aliphatic carbocycles. The van der Waals surface area contributed by atoms with Crippen LogP contribution in [0.15, 0.2) is 33.6 Å². The molecule has 2 aromatic rings. The minimum absolute atomic E-state index is 0.190. The van der Waals surface area contributed by atoms with E-state index in [9.17, 15) is 9.18 Å². The van der Waals surface area contributed by atoms with Crippen LogP contribution in [0, 0.1) is 12.7 Å². The third-order valence-corrected chi connectivity index (χ3v) is 3.78. The number of methoxy groups -OCH3 is 1. The number of nitrogens with two attached hydrogens (primary N) is 1. The van der Waals surface area contributed by atoms with E-state index in [1.54, 1.807) is 13.0 Å². The van der Waals surface area contributed by atoms with E-state index >= 15 is 0 Å². The van der Waals surface area contributed by atoms with Gasteiger partial charge in [0.25, 0.3) is 0 Å². The number of ether oxygens (including phenoxy) is 1. The van der Waals surface area contributed by atoms with E-state index in [4.69, 9.17) is 10.2 Å². The van der Waals surface area contributed by atoms with E-state index in [-0.39, 0.29) is 11.6 Å². The first-order valence-corrected chi connectivity index (χ1v) is 6.85. The summed E-state index contributed by atoms with van der Waals surface area (Å²) >= 11 is 1.34. The molecule has 0 unspecified atom stereocenters. The van der Waals surface area contributed by atoms with Gasteiger partial charge >= 0.3 is 5.97 Å². The summed E-state index contributed by atoms with van der Waals surface area (Å²) in [6, 6.07) is 5.96. The van der Waals surface area contributed by atoms with Gasteiger partial charge in [0.1, 0.15) is 11.6 Å². The minimum atomic E-state index is -0.510. The molecule has 1 aromatic heterocycles. The molecule has 4 nitrogen and oxygen atoms in total. The van der Waals surface area contributed by atoms with Gasteiger partial charge in [-0.15, -0.1) is 11.8 Å². The summed E-state index contributed by atoms with van der Waals surface area (Å²) in [5.41, 5.74) is 6.98. The second-order valence-corrected chi connectivity index (χ2v) is 5.20. The molecule has 0 amide bonds. The predicted molar refractivity (Wildman–Crippen MR) is 75.2 cm³/mol. The zero-order valence-corrected chi connectivity index (χ0v) is 11.9. The van der Waals surface area contributed by atoms with Crippen molar-refractivity contribution in [2.24, 2.45) is 0 Å². The number of esters is 1. The first kappa shape index (κ1) is 14.5. The summed E-state index contributed by atoms with van der Waals surface area (Å²) in [5.74, 6) is 0.398. The van der Waals surface area contributed by atoms with E-state index in [1.807, 2.05) is 0 Å². The molecule has 6 heteroatoms. The minimum Gasteiger partial charge on any atom is -0.463 e. The van der Waals surface area contributed by atoms with Crippen molar-refractivity contribution in [3.8, 4) is 0 Å². The number of hydrogen-bond donors (Lipinski definition) is 1. The molecule has 2 rings (SSSR count). The summed E-state index contributed by atoms with van der Waals surface area (Å²) in [5, 5.41) is 0. The smallest absolute Gasteiger partial charge is 0.374 e. The van der Waals surface area contributed by atoms with Gasteiger partial charge in [0.05, 0.1) is 12.9 Å². The molecule has 0 aliphatic heterocycles. The summed E-state index contributed by atoms with van der Waals surface area (Å²) in [6.45, 7) is 1.76. The van der Waals surface area contributed by atoms with Gasteiger partial charge in [-0.05, 0) is 31.2 Å². The zero-order chi connectivity index (χ0) is 14.7. The first-order valence-electron chi connectivity index (χ1n) is 5.86. The van der Waals surface area contributed by atoms with E-state index in [0.717, 1.165) is 0 Å². The van der Waals surface area contributed by atoms with Gasteiger partial charge in [-0.3, -0.25) is 0 Å². The number of carbonyl (C=O) groups excluding carboxylic acids is 1. The van der Waals surface area contributed by atoms with Gasteiger partial charge in [0.15, 0.2) is 0 Å². The third-order valence-electron chi connectivity index (χ3n) is 2.69. The maximum absolute atomic E-state index is 13.1. The van der Waals surface area contributed by atoms with Crippen molar-refractivity contribution < 1.29 is 18.3 Å². The van der Waals surface area contributed by atoms with Crippen LogP contribution in [-0.4, -0.2) is 13.1 Å². The fraction of sp³-hybridized carbons (Fsp3) is 0.214. The normalized spacial score (nSPS) is 10.6. The van der Waals surface area contributed by atoms with Gasteiger partial charge in [-0.2, -0.15) is 0 Å². The lowest BCUT2D eigenvalue weighted by atomic mass is 10.3. The lowest BCUT2D eigenvalue weighted by molar-refractivity contribution is 0.0562. The Bertz CT molecular complexity index is 639. The van der Waals surface area contributed by atoms with Crippen molar-refractivity contribution in [2.75, 3.05) is 12.8 Å². The number of furan rings is 1. The molecule has 0 bridgehead atoms. The zero-order valence-electron chi connectivity index (χ0n) is 11.1. The fourth-order valence-corrected chi connectivity index (χ4v) is 2.57. The molecule has 0 atom stereocenters. The van der Waals surface area contributed by atoms with Crippen molar-refractivity contribution in [1.29, 1.82) is 0 Å². The van der Waals surface area contributed by atoms with Crippen molar-refractivity contribution >= 4 is 23.4 Å². The number of carbonyl (C=O) groups is 1. The lowest BCUT2D eigenvalue weighted by Gasteiger charge is -2.03. The van der Waals surface area contributed by atoms with E-state index in [0.29, 0.717) is 27.7 Å². The third kappa shape index (κ3) is 3.14. The summed E-state index contributed by atoms with van der Waals surface area (Å²) < 4.78 is 23.2. The highest BCUT2D eigenvalue weighted by atomic mass is 32.2.